The highest BCUT2D eigenvalue weighted by molar-refractivity contribution is 7.89. The summed E-state index contributed by atoms with van der Waals surface area (Å²) in [4.78, 5) is 8.22. The maximum atomic E-state index is 12.7. The summed E-state index contributed by atoms with van der Waals surface area (Å²) in [6.45, 7) is 3.05. The smallest absolute Gasteiger partial charge is 0.262 e. The number of aromatic nitrogens is 3. The standard InChI is InChI=1S/C17H21N5O3S/c1-13-20-16(11-21(13)2)26(23,24)22-8-5-14(6-9-22)12-25-17-15(10-18)4-3-7-19-17/h3-4,7,11,14H,5-6,8-9,12H2,1-2H3. The molecule has 0 amide bonds. The van der Waals surface area contributed by atoms with Crippen LogP contribution in [-0.2, 0) is 17.1 Å². The SMILES string of the molecule is Cc1nc(S(=O)(=O)N2CCC(COc3ncccc3C#N)CC2)cn1C. The van der Waals surface area contributed by atoms with Crippen LogP contribution in [-0.4, -0.2) is 47.0 Å². The Bertz CT molecular complexity index is 905. The van der Waals surface area contributed by atoms with Crippen LogP contribution in [0.4, 0.5) is 0 Å². The molecule has 0 bridgehead atoms. The highest BCUT2D eigenvalue weighted by Gasteiger charge is 2.31. The Morgan fingerprint density at radius 2 is 2.12 bits per heavy atom. The monoisotopic (exact) mass is 375 g/mol. The quantitative estimate of drug-likeness (QED) is 0.784. The van der Waals surface area contributed by atoms with Gasteiger partial charge >= 0.3 is 0 Å². The van der Waals surface area contributed by atoms with E-state index in [1.165, 1.54) is 4.31 Å². The highest BCUT2D eigenvalue weighted by Crippen LogP contribution is 2.24. The average molecular weight is 375 g/mol. The second kappa shape index (κ2) is 7.43. The van der Waals surface area contributed by atoms with E-state index < -0.39 is 10.0 Å². The number of aryl methyl sites for hydroxylation is 2. The summed E-state index contributed by atoms with van der Waals surface area (Å²) < 4.78 is 34.2. The summed E-state index contributed by atoms with van der Waals surface area (Å²) in [5.74, 6) is 1.21. The van der Waals surface area contributed by atoms with Gasteiger partial charge in [-0.2, -0.15) is 9.57 Å². The van der Waals surface area contributed by atoms with Gasteiger partial charge in [0.05, 0.1) is 6.61 Å². The van der Waals surface area contributed by atoms with E-state index >= 15 is 0 Å². The van der Waals surface area contributed by atoms with E-state index in [-0.39, 0.29) is 10.9 Å². The Balaban J connectivity index is 1.58. The van der Waals surface area contributed by atoms with Crippen molar-refractivity contribution >= 4 is 10.0 Å². The van der Waals surface area contributed by atoms with Crippen molar-refractivity contribution in [2.75, 3.05) is 19.7 Å². The van der Waals surface area contributed by atoms with Crippen LogP contribution in [0.2, 0.25) is 0 Å². The Hall–Kier alpha value is -2.44. The molecular formula is C17H21N5O3S. The third-order valence-corrected chi connectivity index (χ3v) is 6.38. The van der Waals surface area contributed by atoms with Gasteiger partial charge in [0.15, 0.2) is 5.03 Å². The molecule has 0 aromatic carbocycles. The third-order valence-electron chi connectivity index (χ3n) is 4.61. The second-order valence-corrected chi connectivity index (χ2v) is 8.25. The van der Waals surface area contributed by atoms with Crippen molar-refractivity contribution in [3.05, 3.63) is 35.9 Å². The van der Waals surface area contributed by atoms with E-state index in [9.17, 15) is 8.42 Å². The first-order valence-corrected chi connectivity index (χ1v) is 9.84. The number of sulfonamides is 1. The number of nitrogens with zero attached hydrogens (tertiary/aromatic N) is 5. The fourth-order valence-corrected chi connectivity index (χ4v) is 4.38. The molecule has 2 aromatic rings. The lowest BCUT2D eigenvalue weighted by molar-refractivity contribution is 0.180. The number of ether oxygens (including phenoxy) is 1. The fourth-order valence-electron chi connectivity index (χ4n) is 2.89. The predicted octanol–water partition coefficient (Wildman–Crippen LogP) is 1.47. The Labute approximate surface area is 153 Å². The van der Waals surface area contributed by atoms with Crippen molar-refractivity contribution in [3.63, 3.8) is 0 Å². The van der Waals surface area contributed by atoms with Crippen LogP contribution in [0.15, 0.2) is 29.6 Å². The molecule has 0 saturated carbocycles. The summed E-state index contributed by atoms with van der Waals surface area (Å²) in [6.07, 6.45) is 4.52. The summed E-state index contributed by atoms with van der Waals surface area (Å²) >= 11 is 0. The molecule has 138 valence electrons. The maximum absolute atomic E-state index is 12.7. The molecule has 9 heteroatoms. The van der Waals surface area contributed by atoms with Crippen LogP contribution in [0.1, 0.15) is 24.2 Å². The number of imidazole rings is 1. The topological polar surface area (TPSA) is 101 Å². The molecule has 0 N–H and O–H groups in total. The van der Waals surface area contributed by atoms with Crippen LogP contribution in [0.5, 0.6) is 5.88 Å². The van der Waals surface area contributed by atoms with Crippen LogP contribution in [0, 0.1) is 24.2 Å². The third kappa shape index (κ3) is 3.71. The largest absolute Gasteiger partial charge is 0.476 e. The molecule has 0 atom stereocenters. The molecule has 1 aliphatic heterocycles. The summed E-state index contributed by atoms with van der Waals surface area (Å²) in [5.41, 5.74) is 0.401. The van der Waals surface area contributed by atoms with E-state index in [4.69, 9.17) is 10.00 Å². The van der Waals surface area contributed by atoms with E-state index in [0.717, 1.165) is 0 Å². The summed E-state index contributed by atoms with van der Waals surface area (Å²) in [7, 11) is -1.78. The van der Waals surface area contributed by atoms with Gasteiger partial charge in [0.2, 0.25) is 5.88 Å². The van der Waals surface area contributed by atoms with Crippen molar-refractivity contribution in [3.8, 4) is 11.9 Å². The summed E-state index contributed by atoms with van der Waals surface area (Å²) in [6, 6.07) is 5.40. The lowest BCUT2D eigenvalue weighted by atomic mass is 9.99. The molecule has 3 heterocycles. The Morgan fingerprint density at radius 3 is 2.73 bits per heavy atom. The predicted molar refractivity (Wildman–Crippen MR) is 93.9 cm³/mol. The fraction of sp³-hybridized carbons (Fsp3) is 0.471. The molecule has 1 saturated heterocycles. The Morgan fingerprint density at radius 1 is 1.38 bits per heavy atom. The van der Waals surface area contributed by atoms with Gasteiger partial charge in [0.1, 0.15) is 17.5 Å². The Kier molecular flexibility index (Phi) is 5.25. The van der Waals surface area contributed by atoms with Crippen LogP contribution in [0.25, 0.3) is 0 Å². The number of rotatable bonds is 5. The zero-order valence-corrected chi connectivity index (χ0v) is 15.6. The van der Waals surface area contributed by atoms with Gasteiger partial charge in [-0.1, -0.05) is 0 Å². The average Bonchev–Trinajstić information content (AvgIpc) is 3.00. The number of piperidine rings is 1. The van der Waals surface area contributed by atoms with Crippen LogP contribution in [0.3, 0.4) is 0 Å². The van der Waals surface area contributed by atoms with Gasteiger partial charge in [-0.3, -0.25) is 0 Å². The molecular weight excluding hydrogens is 354 g/mol. The molecule has 3 rings (SSSR count). The molecule has 8 nitrogen and oxygen atoms in total. The van der Waals surface area contributed by atoms with Crippen molar-refractivity contribution < 1.29 is 13.2 Å². The van der Waals surface area contributed by atoms with Gasteiger partial charge in [-0.15, -0.1) is 0 Å². The lowest BCUT2D eigenvalue weighted by Gasteiger charge is -2.30. The van der Waals surface area contributed by atoms with E-state index in [2.05, 4.69) is 16.0 Å². The molecule has 1 aliphatic rings. The van der Waals surface area contributed by atoms with E-state index in [0.29, 0.717) is 49.8 Å². The normalized spacial score (nSPS) is 16.3. The number of nitriles is 1. The summed E-state index contributed by atoms with van der Waals surface area (Å²) in [5, 5.41) is 9.15. The maximum Gasteiger partial charge on any atom is 0.262 e. The van der Waals surface area contributed by atoms with Gasteiger partial charge < -0.3 is 9.30 Å². The number of hydrogen-bond acceptors (Lipinski definition) is 6. The van der Waals surface area contributed by atoms with Gasteiger partial charge in [0, 0.05) is 32.5 Å². The van der Waals surface area contributed by atoms with Crippen molar-refractivity contribution in [2.45, 2.75) is 24.8 Å². The molecule has 1 fully saturated rings. The lowest BCUT2D eigenvalue weighted by Crippen LogP contribution is -2.39. The van der Waals surface area contributed by atoms with Crippen molar-refractivity contribution in [1.29, 1.82) is 5.26 Å². The van der Waals surface area contributed by atoms with Crippen molar-refractivity contribution in [2.24, 2.45) is 13.0 Å². The zero-order chi connectivity index (χ0) is 18.7. The first-order chi connectivity index (χ1) is 12.4. The van der Waals surface area contributed by atoms with Crippen molar-refractivity contribution in [1.82, 2.24) is 18.8 Å². The minimum atomic E-state index is -3.56. The van der Waals surface area contributed by atoms with Gasteiger partial charge in [-0.05, 0) is 37.8 Å². The van der Waals surface area contributed by atoms with Gasteiger partial charge in [-0.25, -0.2) is 18.4 Å². The molecule has 0 aliphatic carbocycles. The van der Waals surface area contributed by atoms with E-state index in [1.807, 2.05) is 0 Å². The minimum absolute atomic E-state index is 0.0966. The molecule has 26 heavy (non-hydrogen) atoms. The van der Waals surface area contributed by atoms with Crippen LogP contribution < -0.4 is 4.74 Å². The van der Waals surface area contributed by atoms with Crippen LogP contribution >= 0.6 is 0 Å². The number of pyridine rings is 1. The zero-order valence-electron chi connectivity index (χ0n) is 14.8. The molecule has 0 radical (unpaired) electrons. The first kappa shape index (κ1) is 18.4. The van der Waals surface area contributed by atoms with Gasteiger partial charge in [0.25, 0.3) is 10.0 Å². The molecule has 0 spiro atoms. The molecule has 2 aromatic heterocycles. The highest BCUT2D eigenvalue weighted by atomic mass is 32.2. The number of hydrogen-bond donors (Lipinski definition) is 0. The van der Waals surface area contributed by atoms with E-state index in [1.54, 1.807) is 43.1 Å². The first-order valence-electron chi connectivity index (χ1n) is 8.40. The molecule has 0 unspecified atom stereocenters. The second-order valence-electron chi connectivity index (χ2n) is 6.36. The minimum Gasteiger partial charge on any atom is -0.476 e.